The molecule has 1 aromatic rings. The number of hydrogen-bond acceptors (Lipinski definition) is 5. The number of nitrogens with one attached hydrogen (secondary N) is 1. The molecular weight excluding hydrogens is 194 g/mol. The van der Waals surface area contributed by atoms with E-state index in [1.165, 1.54) is 5.56 Å². The Labute approximate surface area is 88.4 Å². The molecule has 0 atom stereocenters. The summed E-state index contributed by atoms with van der Waals surface area (Å²) in [5.41, 5.74) is 1.29. The van der Waals surface area contributed by atoms with Crippen LogP contribution in [0.1, 0.15) is 11.3 Å². The zero-order chi connectivity index (χ0) is 10.1. The lowest BCUT2D eigenvalue weighted by Gasteiger charge is -2.27. The first-order valence-corrected chi connectivity index (χ1v) is 5.46. The normalized spacial score (nSPS) is 21.5. The monoisotopic (exact) mass is 209 g/mol. The lowest BCUT2D eigenvalue weighted by molar-refractivity contribution is 0.122. The summed E-state index contributed by atoms with van der Waals surface area (Å²) < 4.78 is 10.7. The van der Waals surface area contributed by atoms with Gasteiger partial charge in [-0.05, 0) is 13.0 Å². The molecule has 1 saturated heterocycles. The Kier molecular flexibility index (Phi) is 2.34. The molecule has 0 bridgehead atoms. The molecule has 0 aliphatic carbocycles. The van der Waals surface area contributed by atoms with E-state index in [1.807, 2.05) is 0 Å². The molecule has 0 radical (unpaired) electrons. The molecule has 1 fully saturated rings. The fourth-order valence-corrected chi connectivity index (χ4v) is 2.16. The van der Waals surface area contributed by atoms with Crippen molar-refractivity contribution in [2.24, 2.45) is 0 Å². The van der Waals surface area contributed by atoms with Gasteiger partial charge in [0, 0.05) is 18.7 Å². The van der Waals surface area contributed by atoms with Crippen LogP contribution in [0.5, 0.6) is 0 Å². The van der Waals surface area contributed by atoms with Crippen molar-refractivity contribution in [2.75, 3.05) is 37.7 Å². The van der Waals surface area contributed by atoms with Gasteiger partial charge >= 0.3 is 0 Å². The van der Waals surface area contributed by atoms with Crippen molar-refractivity contribution in [1.29, 1.82) is 0 Å². The minimum absolute atomic E-state index is 0.792. The average Bonchev–Trinajstić information content (AvgIpc) is 2.74. The second-order valence-corrected chi connectivity index (χ2v) is 3.93. The van der Waals surface area contributed by atoms with Crippen molar-refractivity contribution in [2.45, 2.75) is 13.0 Å². The molecule has 0 spiro atoms. The lowest BCUT2D eigenvalue weighted by atomic mass is 10.1. The van der Waals surface area contributed by atoms with Crippen LogP contribution in [0, 0.1) is 0 Å². The van der Waals surface area contributed by atoms with Gasteiger partial charge in [-0.25, -0.2) is 0 Å². The van der Waals surface area contributed by atoms with E-state index in [2.05, 4.69) is 15.4 Å². The number of hydrogen-bond donors (Lipinski definition) is 1. The third-order valence-electron chi connectivity index (χ3n) is 3.00. The van der Waals surface area contributed by atoms with Crippen LogP contribution >= 0.6 is 0 Å². The highest BCUT2D eigenvalue weighted by Crippen LogP contribution is 2.26. The van der Waals surface area contributed by atoms with E-state index in [0.29, 0.717) is 0 Å². The zero-order valence-electron chi connectivity index (χ0n) is 8.66. The maximum absolute atomic E-state index is 5.35. The van der Waals surface area contributed by atoms with E-state index in [4.69, 9.17) is 9.26 Å². The third-order valence-corrected chi connectivity index (χ3v) is 3.00. The van der Waals surface area contributed by atoms with Gasteiger partial charge in [0.2, 0.25) is 0 Å². The molecule has 5 heteroatoms. The smallest absolute Gasteiger partial charge is 0.175 e. The number of ether oxygens (including phenoxy) is 1. The van der Waals surface area contributed by atoms with E-state index in [1.54, 1.807) is 0 Å². The molecule has 82 valence electrons. The first-order chi connectivity index (χ1) is 7.45. The van der Waals surface area contributed by atoms with Crippen LogP contribution in [0.4, 0.5) is 5.82 Å². The third kappa shape index (κ3) is 1.61. The van der Waals surface area contributed by atoms with E-state index in [9.17, 15) is 0 Å². The van der Waals surface area contributed by atoms with Gasteiger partial charge in [0.15, 0.2) is 11.6 Å². The molecule has 3 rings (SSSR count). The summed E-state index contributed by atoms with van der Waals surface area (Å²) in [6.07, 6.45) is 1.02. The quantitative estimate of drug-likeness (QED) is 0.714. The van der Waals surface area contributed by atoms with Crippen molar-refractivity contribution in [3.05, 3.63) is 11.3 Å². The Morgan fingerprint density at radius 2 is 2.13 bits per heavy atom. The Bertz CT molecular complexity index is 344. The highest BCUT2D eigenvalue weighted by molar-refractivity contribution is 5.49. The van der Waals surface area contributed by atoms with Crippen molar-refractivity contribution in [3.63, 3.8) is 0 Å². The van der Waals surface area contributed by atoms with E-state index in [0.717, 1.165) is 57.4 Å². The molecule has 3 heterocycles. The second-order valence-electron chi connectivity index (χ2n) is 3.93. The van der Waals surface area contributed by atoms with Crippen LogP contribution in [0.15, 0.2) is 4.52 Å². The van der Waals surface area contributed by atoms with Gasteiger partial charge in [0.05, 0.1) is 19.8 Å². The fourth-order valence-electron chi connectivity index (χ4n) is 2.16. The molecular formula is C10H15N3O2. The summed E-state index contributed by atoms with van der Waals surface area (Å²) in [4.78, 5) is 2.26. The predicted octanol–water partition coefficient (Wildman–Crippen LogP) is 0.157. The van der Waals surface area contributed by atoms with Crippen molar-refractivity contribution in [1.82, 2.24) is 10.5 Å². The average molecular weight is 209 g/mol. The van der Waals surface area contributed by atoms with Crippen LogP contribution < -0.4 is 10.2 Å². The van der Waals surface area contributed by atoms with Gasteiger partial charge in [0.1, 0.15) is 0 Å². The van der Waals surface area contributed by atoms with Gasteiger partial charge in [-0.15, -0.1) is 0 Å². The fraction of sp³-hybridized carbons (Fsp3) is 0.700. The molecule has 0 aromatic carbocycles. The molecule has 1 aromatic heterocycles. The summed E-state index contributed by atoms with van der Waals surface area (Å²) >= 11 is 0. The number of nitrogens with zero attached hydrogens (tertiary/aromatic N) is 2. The van der Waals surface area contributed by atoms with Crippen molar-refractivity contribution >= 4 is 5.82 Å². The van der Waals surface area contributed by atoms with Gasteiger partial charge in [-0.2, -0.15) is 0 Å². The molecule has 15 heavy (non-hydrogen) atoms. The van der Waals surface area contributed by atoms with Crippen LogP contribution in [0.3, 0.4) is 0 Å². The predicted molar refractivity (Wildman–Crippen MR) is 54.9 cm³/mol. The van der Waals surface area contributed by atoms with Crippen LogP contribution in [-0.4, -0.2) is 38.0 Å². The maximum Gasteiger partial charge on any atom is 0.175 e. The second kappa shape index (κ2) is 3.83. The van der Waals surface area contributed by atoms with Gasteiger partial charge in [0.25, 0.3) is 0 Å². The van der Waals surface area contributed by atoms with Crippen LogP contribution in [0.2, 0.25) is 0 Å². The maximum atomic E-state index is 5.35. The molecule has 0 saturated carbocycles. The number of rotatable bonds is 1. The van der Waals surface area contributed by atoms with Crippen LogP contribution in [0.25, 0.3) is 0 Å². The SMILES string of the molecule is C1Cc2c(N3CCOCC3)noc2CN1. The standard InChI is InChI=1S/C10H15N3O2/c1-2-11-7-9-8(1)10(12-15-9)13-3-5-14-6-4-13/h11H,1-7H2. The number of aromatic nitrogens is 1. The van der Waals surface area contributed by atoms with Crippen molar-refractivity contribution in [3.8, 4) is 0 Å². The molecule has 2 aliphatic rings. The molecule has 5 nitrogen and oxygen atoms in total. The minimum atomic E-state index is 0.792. The topological polar surface area (TPSA) is 50.5 Å². The summed E-state index contributed by atoms with van der Waals surface area (Å²) in [6.45, 7) is 5.26. The largest absolute Gasteiger partial charge is 0.378 e. The van der Waals surface area contributed by atoms with E-state index >= 15 is 0 Å². The Balaban J connectivity index is 1.87. The van der Waals surface area contributed by atoms with E-state index < -0.39 is 0 Å². The first kappa shape index (κ1) is 9.18. The first-order valence-electron chi connectivity index (χ1n) is 5.46. The zero-order valence-corrected chi connectivity index (χ0v) is 8.66. The minimum Gasteiger partial charge on any atom is -0.378 e. The summed E-state index contributed by atoms with van der Waals surface area (Å²) in [5.74, 6) is 2.04. The summed E-state index contributed by atoms with van der Waals surface area (Å²) in [7, 11) is 0. The highest BCUT2D eigenvalue weighted by Gasteiger charge is 2.24. The van der Waals surface area contributed by atoms with Gasteiger partial charge in [-0.1, -0.05) is 5.16 Å². The molecule has 0 unspecified atom stereocenters. The summed E-state index contributed by atoms with van der Waals surface area (Å²) in [5, 5.41) is 7.46. The van der Waals surface area contributed by atoms with Gasteiger partial charge < -0.3 is 19.5 Å². The molecule has 1 N–H and O–H groups in total. The van der Waals surface area contributed by atoms with Gasteiger partial charge in [-0.3, -0.25) is 0 Å². The highest BCUT2D eigenvalue weighted by atomic mass is 16.5. The Hall–Kier alpha value is -1.07. The van der Waals surface area contributed by atoms with Crippen molar-refractivity contribution < 1.29 is 9.26 Å². The van der Waals surface area contributed by atoms with Crippen LogP contribution in [-0.2, 0) is 17.7 Å². The molecule has 2 aliphatic heterocycles. The summed E-state index contributed by atoms with van der Waals surface area (Å²) in [6, 6.07) is 0. The number of anilines is 1. The Morgan fingerprint density at radius 1 is 1.27 bits per heavy atom. The van der Waals surface area contributed by atoms with E-state index in [-0.39, 0.29) is 0 Å². The number of morpholine rings is 1. The lowest BCUT2D eigenvalue weighted by Crippen LogP contribution is -2.37. The molecule has 0 amide bonds. The number of fused-ring (bicyclic) bond motifs is 1. The Morgan fingerprint density at radius 3 is 3.00 bits per heavy atom.